The Morgan fingerprint density at radius 2 is 1.95 bits per heavy atom. The molecule has 0 aliphatic heterocycles. The quantitative estimate of drug-likeness (QED) is 0.920. The van der Waals surface area contributed by atoms with E-state index in [1.165, 1.54) is 12.1 Å². The Balaban J connectivity index is 1.66. The van der Waals surface area contributed by atoms with Gasteiger partial charge in [-0.1, -0.05) is 18.2 Å². The van der Waals surface area contributed by atoms with Gasteiger partial charge in [-0.3, -0.25) is 4.79 Å². The molecule has 2 aromatic carbocycles. The Morgan fingerprint density at radius 1 is 1.23 bits per heavy atom. The molecule has 1 aliphatic carbocycles. The van der Waals surface area contributed by atoms with Gasteiger partial charge in [-0.2, -0.15) is 0 Å². The number of methoxy groups -OCH3 is 1. The number of carbonyl (C=O) groups excluding carboxylic acids is 1. The van der Waals surface area contributed by atoms with Crippen LogP contribution in [0.5, 0.6) is 5.75 Å². The largest absolute Gasteiger partial charge is 0.497 e. The van der Waals surface area contributed by atoms with E-state index >= 15 is 0 Å². The molecular weight excluding hydrogens is 281 g/mol. The molecule has 114 valence electrons. The van der Waals surface area contributed by atoms with Crippen molar-refractivity contribution < 1.29 is 13.9 Å². The molecule has 0 spiro atoms. The van der Waals surface area contributed by atoms with E-state index in [0.717, 1.165) is 18.4 Å². The van der Waals surface area contributed by atoms with Crippen LogP contribution in [0.4, 0.5) is 4.39 Å². The highest BCUT2D eigenvalue weighted by atomic mass is 19.1. The molecule has 1 amide bonds. The average molecular weight is 299 g/mol. The van der Waals surface area contributed by atoms with Crippen molar-refractivity contribution in [3.8, 4) is 5.75 Å². The molecule has 1 N–H and O–H groups in total. The predicted molar refractivity (Wildman–Crippen MR) is 82.6 cm³/mol. The molecule has 0 atom stereocenters. The molecule has 1 aliphatic rings. The zero-order valence-corrected chi connectivity index (χ0v) is 12.4. The molecule has 0 aromatic heterocycles. The molecule has 1 fully saturated rings. The Bertz CT molecular complexity index is 678. The highest BCUT2D eigenvalue weighted by Gasteiger charge is 2.44. The Labute approximate surface area is 129 Å². The molecule has 2 aromatic rings. The van der Waals surface area contributed by atoms with E-state index in [4.69, 9.17) is 4.74 Å². The fourth-order valence-corrected chi connectivity index (χ4v) is 2.64. The van der Waals surface area contributed by atoms with Crippen molar-refractivity contribution >= 4 is 5.91 Å². The summed E-state index contributed by atoms with van der Waals surface area (Å²) in [5.41, 5.74) is 1.62. The van der Waals surface area contributed by atoms with Crippen LogP contribution in [-0.2, 0) is 5.41 Å². The number of nitrogens with one attached hydrogen (secondary N) is 1. The number of hydrogen-bond acceptors (Lipinski definition) is 2. The summed E-state index contributed by atoms with van der Waals surface area (Å²) < 4.78 is 18.1. The minimum Gasteiger partial charge on any atom is -0.497 e. The second-order valence-corrected chi connectivity index (χ2v) is 5.70. The monoisotopic (exact) mass is 299 g/mol. The number of halogens is 1. The lowest BCUT2D eigenvalue weighted by molar-refractivity contribution is 0.0949. The normalized spacial score (nSPS) is 15.2. The molecule has 0 radical (unpaired) electrons. The zero-order chi connectivity index (χ0) is 15.6. The predicted octanol–water partition coefficient (Wildman–Crippen LogP) is 3.30. The molecule has 3 rings (SSSR count). The van der Waals surface area contributed by atoms with Gasteiger partial charge in [-0.15, -0.1) is 0 Å². The van der Waals surface area contributed by atoms with Gasteiger partial charge in [0.15, 0.2) is 0 Å². The van der Waals surface area contributed by atoms with Crippen molar-refractivity contribution in [3.05, 3.63) is 65.5 Å². The van der Waals surface area contributed by atoms with E-state index in [9.17, 15) is 9.18 Å². The van der Waals surface area contributed by atoms with Crippen LogP contribution in [0.15, 0.2) is 48.5 Å². The summed E-state index contributed by atoms with van der Waals surface area (Å²) in [7, 11) is 1.57. The van der Waals surface area contributed by atoms with Gasteiger partial charge in [0.05, 0.1) is 7.11 Å². The number of carbonyl (C=O) groups is 1. The molecule has 0 heterocycles. The van der Waals surface area contributed by atoms with Crippen molar-refractivity contribution in [3.63, 3.8) is 0 Å². The number of hydrogen-bond donors (Lipinski definition) is 1. The number of amides is 1. The van der Waals surface area contributed by atoms with Crippen LogP contribution in [0.3, 0.4) is 0 Å². The summed E-state index contributed by atoms with van der Waals surface area (Å²) in [6, 6.07) is 13.6. The summed E-state index contributed by atoms with van der Waals surface area (Å²) in [5.74, 6) is 0.305. The van der Waals surface area contributed by atoms with Crippen LogP contribution >= 0.6 is 0 Å². The van der Waals surface area contributed by atoms with Crippen LogP contribution in [0.1, 0.15) is 28.8 Å². The third-order valence-electron chi connectivity index (χ3n) is 4.23. The minimum absolute atomic E-state index is 0.0395. The molecule has 1 saturated carbocycles. The molecule has 4 heteroatoms. The zero-order valence-electron chi connectivity index (χ0n) is 12.4. The summed E-state index contributed by atoms with van der Waals surface area (Å²) in [6.07, 6.45) is 2.02. The third kappa shape index (κ3) is 2.96. The molecule has 0 unspecified atom stereocenters. The van der Waals surface area contributed by atoms with E-state index < -0.39 is 0 Å². The molecule has 3 nitrogen and oxygen atoms in total. The summed E-state index contributed by atoms with van der Waals surface area (Å²) in [5, 5.41) is 2.98. The first-order valence-electron chi connectivity index (χ1n) is 7.31. The maximum absolute atomic E-state index is 13.0. The lowest BCUT2D eigenvalue weighted by Gasteiger charge is -2.17. The lowest BCUT2D eigenvalue weighted by atomic mass is 9.96. The van der Waals surface area contributed by atoms with Crippen LogP contribution < -0.4 is 10.1 Å². The van der Waals surface area contributed by atoms with Crippen molar-refractivity contribution in [2.45, 2.75) is 18.3 Å². The van der Waals surface area contributed by atoms with Gasteiger partial charge < -0.3 is 10.1 Å². The number of rotatable bonds is 5. The lowest BCUT2D eigenvalue weighted by Crippen LogP contribution is -2.32. The Hall–Kier alpha value is -2.36. The van der Waals surface area contributed by atoms with Gasteiger partial charge in [-0.05, 0) is 48.7 Å². The standard InChI is InChI=1S/C18H18FNO2/c1-22-16-4-2-3-13(11-16)17(21)20-12-18(9-10-18)14-5-7-15(19)8-6-14/h2-8,11H,9-10,12H2,1H3,(H,20,21). The Kier molecular flexibility index (Phi) is 3.84. The molecule has 22 heavy (non-hydrogen) atoms. The number of ether oxygens (including phenoxy) is 1. The fourth-order valence-electron chi connectivity index (χ4n) is 2.64. The van der Waals surface area contributed by atoms with E-state index in [1.54, 1.807) is 43.5 Å². The van der Waals surface area contributed by atoms with Crippen LogP contribution in [-0.4, -0.2) is 19.6 Å². The van der Waals surface area contributed by atoms with Gasteiger partial charge in [-0.25, -0.2) is 4.39 Å². The maximum atomic E-state index is 13.0. The van der Waals surface area contributed by atoms with Gasteiger partial charge in [0.1, 0.15) is 11.6 Å². The van der Waals surface area contributed by atoms with Crippen LogP contribution in [0.25, 0.3) is 0 Å². The first-order valence-corrected chi connectivity index (χ1v) is 7.31. The smallest absolute Gasteiger partial charge is 0.251 e. The second kappa shape index (κ2) is 5.79. The van der Waals surface area contributed by atoms with Gasteiger partial charge in [0.2, 0.25) is 0 Å². The number of benzene rings is 2. The van der Waals surface area contributed by atoms with Crippen LogP contribution in [0.2, 0.25) is 0 Å². The highest BCUT2D eigenvalue weighted by molar-refractivity contribution is 5.94. The fraction of sp³-hybridized carbons (Fsp3) is 0.278. The average Bonchev–Trinajstić information content (AvgIpc) is 3.34. The van der Waals surface area contributed by atoms with Crippen LogP contribution in [0, 0.1) is 5.82 Å². The van der Waals surface area contributed by atoms with Crippen molar-refractivity contribution in [1.82, 2.24) is 5.32 Å². The third-order valence-corrected chi connectivity index (χ3v) is 4.23. The summed E-state index contributed by atoms with van der Waals surface area (Å²) in [4.78, 5) is 12.2. The SMILES string of the molecule is COc1cccc(C(=O)NCC2(c3ccc(F)cc3)CC2)c1. The Morgan fingerprint density at radius 3 is 2.59 bits per heavy atom. The van der Waals surface area contributed by atoms with Crippen molar-refractivity contribution in [1.29, 1.82) is 0 Å². The van der Waals surface area contributed by atoms with Crippen molar-refractivity contribution in [2.24, 2.45) is 0 Å². The second-order valence-electron chi connectivity index (χ2n) is 5.70. The first kappa shape index (κ1) is 14.6. The van der Waals surface area contributed by atoms with E-state index in [1.807, 2.05) is 0 Å². The summed E-state index contributed by atoms with van der Waals surface area (Å²) >= 11 is 0. The maximum Gasteiger partial charge on any atom is 0.251 e. The molecular formula is C18H18FNO2. The van der Waals surface area contributed by atoms with Gasteiger partial charge in [0.25, 0.3) is 5.91 Å². The minimum atomic E-state index is -0.236. The van der Waals surface area contributed by atoms with E-state index in [0.29, 0.717) is 17.9 Å². The van der Waals surface area contributed by atoms with E-state index in [-0.39, 0.29) is 17.1 Å². The first-order chi connectivity index (χ1) is 10.6. The van der Waals surface area contributed by atoms with E-state index in [2.05, 4.69) is 5.32 Å². The van der Waals surface area contributed by atoms with Gasteiger partial charge in [0, 0.05) is 17.5 Å². The molecule has 0 saturated heterocycles. The van der Waals surface area contributed by atoms with Crippen molar-refractivity contribution in [2.75, 3.05) is 13.7 Å². The topological polar surface area (TPSA) is 38.3 Å². The summed E-state index contributed by atoms with van der Waals surface area (Å²) in [6.45, 7) is 0.564. The highest BCUT2D eigenvalue weighted by Crippen LogP contribution is 2.47. The molecule has 0 bridgehead atoms. The van der Waals surface area contributed by atoms with Gasteiger partial charge >= 0.3 is 0 Å².